The highest BCUT2D eigenvalue weighted by Gasteiger charge is 2.10. The highest BCUT2D eigenvalue weighted by Crippen LogP contribution is 2.31. The molecule has 0 saturated carbocycles. The Hall–Kier alpha value is -1.64. The standard InChI is InChI=1S/C16H25NO2/c1-5-6-7-8-9-13(2)19-16-11-10-14(18)12-15(16)17(3)4/h5,10-13,18H,1,6-9H2,2-4H3. The van der Waals surface area contributed by atoms with E-state index in [1.807, 2.05) is 31.1 Å². The molecule has 106 valence electrons. The molecule has 0 radical (unpaired) electrons. The number of hydrogen-bond acceptors (Lipinski definition) is 3. The van der Waals surface area contributed by atoms with Gasteiger partial charge in [0.1, 0.15) is 11.5 Å². The van der Waals surface area contributed by atoms with E-state index >= 15 is 0 Å². The van der Waals surface area contributed by atoms with E-state index in [0.29, 0.717) is 0 Å². The van der Waals surface area contributed by atoms with Gasteiger partial charge >= 0.3 is 0 Å². The summed E-state index contributed by atoms with van der Waals surface area (Å²) in [6.07, 6.45) is 6.52. The lowest BCUT2D eigenvalue weighted by Gasteiger charge is -2.21. The smallest absolute Gasteiger partial charge is 0.143 e. The molecule has 1 aromatic rings. The molecule has 19 heavy (non-hydrogen) atoms. The van der Waals surface area contributed by atoms with Gasteiger partial charge in [0.15, 0.2) is 0 Å². The third-order valence-electron chi connectivity index (χ3n) is 3.02. The van der Waals surface area contributed by atoms with Crippen LogP contribution in [0.15, 0.2) is 30.9 Å². The number of phenolic OH excluding ortho intramolecular Hbond substituents is 1. The van der Waals surface area contributed by atoms with Crippen molar-refractivity contribution in [1.82, 2.24) is 0 Å². The van der Waals surface area contributed by atoms with Gasteiger partial charge in [0.05, 0.1) is 11.8 Å². The summed E-state index contributed by atoms with van der Waals surface area (Å²) in [7, 11) is 3.88. The minimum absolute atomic E-state index is 0.174. The van der Waals surface area contributed by atoms with Crippen LogP contribution in [0.2, 0.25) is 0 Å². The van der Waals surface area contributed by atoms with Crippen LogP contribution in [0.4, 0.5) is 5.69 Å². The average molecular weight is 263 g/mol. The maximum atomic E-state index is 9.53. The van der Waals surface area contributed by atoms with Crippen LogP contribution in [-0.2, 0) is 0 Å². The first-order valence-corrected chi connectivity index (χ1v) is 6.82. The fraction of sp³-hybridized carbons (Fsp3) is 0.500. The number of benzene rings is 1. The van der Waals surface area contributed by atoms with E-state index < -0.39 is 0 Å². The van der Waals surface area contributed by atoms with Crippen molar-refractivity contribution >= 4 is 5.69 Å². The first-order chi connectivity index (χ1) is 9.04. The number of aromatic hydroxyl groups is 1. The Bertz CT molecular complexity index is 402. The monoisotopic (exact) mass is 263 g/mol. The SMILES string of the molecule is C=CCCCCC(C)Oc1ccc(O)cc1N(C)C. The minimum Gasteiger partial charge on any atom is -0.508 e. The number of nitrogens with zero attached hydrogens (tertiary/aromatic N) is 1. The van der Waals surface area contributed by atoms with Crippen LogP contribution in [0.1, 0.15) is 32.6 Å². The number of rotatable bonds is 8. The van der Waals surface area contributed by atoms with Gasteiger partial charge in [-0.15, -0.1) is 6.58 Å². The Balaban J connectivity index is 2.58. The second kappa shape index (κ2) is 7.72. The average Bonchev–Trinajstić information content (AvgIpc) is 2.36. The molecule has 1 N–H and O–H groups in total. The van der Waals surface area contributed by atoms with Crippen LogP contribution >= 0.6 is 0 Å². The van der Waals surface area contributed by atoms with E-state index in [4.69, 9.17) is 4.74 Å². The lowest BCUT2D eigenvalue weighted by atomic mass is 10.1. The Morgan fingerprint density at radius 3 is 2.74 bits per heavy atom. The molecule has 0 heterocycles. The highest BCUT2D eigenvalue weighted by atomic mass is 16.5. The zero-order chi connectivity index (χ0) is 14.3. The summed E-state index contributed by atoms with van der Waals surface area (Å²) in [6.45, 7) is 5.81. The number of phenols is 1. The molecule has 1 aromatic carbocycles. The normalized spacial score (nSPS) is 11.9. The molecule has 0 saturated heterocycles. The number of ether oxygens (including phenoxy) is 1. The molecule has 0 aliphatic heterocycles. The topological polar surface area (TPSA) is 32.7 Å². The molecule has 1 atom stereocenters. The Labute approximate surface area is 116 Å². The summed E-state index contributed by atoms with van der Waals surface area (Å²) >= 11 is 0. The second-order valence-corrected chi connectivity index (χ2v) is 5.05. The zero-order valence-electron chi connectivity index (χ0n) is 12.2. The third-order valence-corrected chi connectivity index (χ3v) is 3.02. The van der Waals surface area contributed by atoms with Crippen molar-refractivity contribution in [3.8, 4) is 11.5 Å². The molecular weight excluding hydrogens is 238 g/mol. The van der Waals surface area contributed by atoms with Gasteiger partial charge in [-0.3, -0.25) is 0 Å². The zero-order valence-corrected chi connectivity index (χ0v) is 12.2. The number of allylic oxidation sites excluding steroid dienone is 1. The summed E-state index contributed by atoms with van der Waals surface area (Å²) in [5, 5.41) is 9.53. The Kier molecular flexibility index (Phi) is 6.26. The van der Waals surface area contributed by atoms with E-state index in [0.717, 1.165) is 37.1 Å². The first kappa shape index (κ1) is 15.4. The molecule has 1 unspecified atom stereocenters. The number of unbranched alkanes of at least 4 members (excludes halogenated alkanes) is 2. The van der Waals surface area contributed by atoms with Crippen LogP contribution in [0.5, 0.6) is 11.5 Å². The predicted molar refractivity (Wildman–Crippen MR) is 81.2 cm³/mol. The van der Waals surface area contributed by atoms with Gasteiger partial charge in [0, 0.05) is 20.2 Å². The molecule has 0 aliphatic carbocycles. The van der Waals surface area contributed by atoms with Gasteiger partial charge in [-0.25, -0.2) is 0 Å². The van der Waals surface area contributed by atoms with E-state index in [1.165, 1.54) is 0 Å². The summed E-state index contributed by atoms with van der Waals surface area (Å²) in [5.41, 5.74) is 0.901. The van der Waals surface area contributed by atoms with Gasteiger partial charge in [-0.05, 0) is 44.7 Å². The molecule has 0 amide bonds. The van der Waals surface area contributed by atoms with Gasteiger partial charge in [-0.1, -0.05) is 6.08 Å². The van der Waals surface area contributed by atoms with Crippen molar-refractivity contribution in [1.29, 1.82) is 0 Å². The fourth-order valence-electron chi connectivity index (χ4n) is 1.95. The maximum absolute atomic E-state index is 9.53. The maximum Gasteiger partial charge on any atom is 0.143 e. The van der Waals surface area contributed by atoms with Crippen molar-refractivity contribution in [2.45, 2.75) is 38.7 Å². The van der Waals surface area contributed by atoms with Crippen molar-refractivity contribution in [3.05, 3.63) is 30.9 Å². The Morgan fingerprint density at radius 2 is 2.11 bits per heavy atom. The van der Waals surface area contributed by atoms with Crippen molar-refractivity contribution in [2.24, 2.45) is 0 Å². The lowest BCUT2D eigenvalue weighted by molar-refractivity contribution is 0.207. The van der Waals surface area contributed by atoms with Crippen LogP contribution in [0.3, 0.4) is 0 Å². The van der Waals surface area contributed by atoms with Gasteiger partial charge in [0.25, 0.3) is 0 Å². The van der Waals surface area contributed by atoms with Gasteiger partial charge in [0.2, 0.25) is 0 Å². The van der Waals surface area contributed by atoms with Crippen molar-refractivity contribution < 1.29 is 9.84 Å². The Morgan fingerprint density at radius 1 is 1.37 bits per heavy atom. The lowest BCUT2D eigenvalue weighted by Crippen LogP contribution is -2.15. The molecule has 1 rings (SSSR count). The van der Waals surface area contributed by atoms with Crippen LogP contribution in [-0.4, -0.2) is 25.3 Å². The van der Waals surface area contributed by atoms with Crippen molar-refractivity contribution in [2.75, 3.05) is 19.0 Å². The first-order valence-electron chi connectivity index (χ1n) is 6.82. The number of hydrogen-bond donors (Lipinski definition) is 1. The summed E-state index contributed by atoms with van der Waals surface area (Å²) in [6, 6.07) is 5.21. The minimum atomic E-state index is 0.174. The molecule has 0 bridgehead atoms. The molecule has 0 fully saturated rings. The van der Waals surface area contributed by atoms with Gasteiger partial charge < -0.3 is 14.7 Å². The molecule has 0 spiro atoms. The molecule has 3 heteroatoms. The quantitative estimate of drug-likeness (QED) is 0.569. The number of anilines is 1. The van der Waals surface area contributed by atoms with Crippen molar-refractivity contribution in [3.63, 3.8) is 0 Å². The summed E-state index contributed by atoms with van der Waals surface area (Å²) in [4.78, 5) is 1.94. The second-order valence-electron chi connectivity index (χ2n) is 5.05. The van der Waals surface area contributed by atoms with Crippen LogP contribution in [0, 0.1) is 0 Å². The molecule has 3 nitrogen and oxygen atoms in total. The molecule has 0 aliphatic rings. The van der Waals surface area contributed by atoms with E-state index in [1.54, 1.807) is 12.1 Å². The van der Waals surface area contributed by atoms with Crippen LogP contribution < -0.4 is 9.64 Å². The molecular formula is C16H25NO2. The summed E-state index contributed by atoms with van der Waals surface area (Å²) < 4.78 is 5.96. The van der Waals surface area contributed by atoms with E-state index in [9.17, 15) is 5.11 Å². The fourth-order valence-corrected chi connectivity index (χ4v) is 1.95. The van der Waals surface area contributed by atoms with Crippen LogP contribution in [0.25, 0.3) is 0 Å². The highest BCUT2D eigenvalue weighted by molar-refractivity contribution is 5.60. The third kappa shape index (κ3) is 5.25. The van der Waals surface area contributed by atoms with E-state index in [-0.39, 0.29) is 11.9 Å². The van der Waals surface area contributed by atoms with Gasteiger partial charge in [-0.2, -0.15) is 0 Å². The summed E-state index contributed by atoms with van der Waals surface area (Å²) in [5.74, 6) is 1.08. The molecule has 0 aromatic heterocycles. The van der Waals surface area contributed by atoms with E-state index in [2.05, 4.69) is 13.5 Å². The largest absolute Gasteiger partial charge is 0.508 e. The predicted octanol–water partition coefficient (Wildman–Crippen LogP) is 3.97.